The number of aromatic hydroxyl groups is 1. The van der Waals surface area contributed by atoms with Crippen molar-refractivity contribution in [3.05, 3.63) is 33.9 Å². The van der Waals surface area contributed by atoms with Crippen LogP contribution in [0.1, 0.15) is 5.56 Å². The smallest absolute Gasteiger partial charge is 0.372 e. The molecule has 0 amide bonds. The van der Waals surface area contributed by atoms with Crippen molar-refractivity contribution in [1.82, 2.24) is 0 Å². The molecule has 0 radical (unpaired) electrons. The van der Waals surface area contributed by atoms with Crippen molar-refractivity contribution in [3.8, 4) is 5.75 Å². The lowest BCUT2D eigenvalue weighted by atomic mass is 10.1. The van der Waals surface area contributed by atoms with Crippen molar-refractivity contribution in [1.29, 1.82) is 0 Å². The molecule has 0 aliphatic rings. The maximum Gasteiger partial charge on any atom is 0.372 e. The number of phenols is 1. The number of phenolic OH excluding ortho intramolecular Hbond substituents is 1. The summed E-state index contributed by atoms with van der Waals surface area (Å²) in [7, 11) is 0. The van der Waals surface area contributed by atoms with Gasteiger partial charge in [-0.3, -0.25) is 14.9 Å². The van der Waals surface area contributed by atoms with Crippen LogP contribution in [0, 0.1) is 10.1 Å². The van der Waals surface area contributed by atoms with Gasteiger partial charge in [0.05, 0.1) is 4.92 Å². The zero-order chi connectivity index (χ0) is 12.3. The molecule has 16 heavy (non-hydrogen) atoms. The normalized spacial score (nSPS) is 9.75. The second-order valence-corrected chi connectivity index (χ2v) is 2.99. The van der Waals surface area contributed by atoms with Crippen LogP contribution in [0.3, 0.4) is 0 Å². The summed E-state index contributed by atoms with van der Waals surface area (Å²) < 4.78 is 0. The van der Waals surface area contributed by atoms with Crippen LogP contribution < -0.4 is 0 Å². The van der Waals surface area contributed by atoms with Gasteiger partial charge in [0.1, 0.15) is 0 Å². The number of hydrogen-bond acceptors (Lipinski definition) is 5. The van der Waals surface area contributed by atoms with Crippen LogP contribution in [0.5, 0.6) is 5.75 Å². The highest BCUT2D eigenvalue weighted by molar-refractivity contribution is 6.33. The predicted octanol–water partition coefficient (Wildman–Crippen LogP) is 0.497. The molecule has 0 spiro atoms. The average molecular weight is 225 g/mol. The summed E-state index contributed by atoms with van der Waals surface area (Å²) in [6, 6.07) is 3.27. The summed E-state index contributed by atoms with van der Waals surface area (Å²) in [4.78, 5) is 30.7. The van der Waals surface area contributed by atoms with Crippen molar-refractivity contribution in [2.45, 2.75) is 6.42 Å². The summed E-state index contributed by atoms with van der Waals surface area (Å²) in [6.07, 6.45) is -0.448. The summed E-state index contributed by atoms with van der Waals surface area (Å²) in [5.74, 6) is -3.20. The number of hydrogen-bond donors (Lipinski definition) is 2. The average Bonchev–Trinajstić information content (AvgIpc) is 2.20. The fraction of sp³-hybridized carbons (Fsp3) is 0.111. The van der Waals surface area contributed by atoms with Gasteiger partial charge in [0, 0.05) is 12.5 Å². The van der Waals surface area contributed by atoms with Gasteiger partial charge in [-0.1, -0.05) is 6.07 Å². The molecule has 0 aromatic heterocycles. The number of nitro benzene ring substituents is 1. The highest BCUT2D eigenvalue weighted by Gasteiger charge is 2.17. The maximum absolute atomic E-state index is 10.8. The zero-order valence-electron chi connectivity index (χ0n) is 7.91. The molecule has 0 atom stereocenters. The van der Waals surface area contributed by atoms with Crippen LogP contribution in [-0.4, -0.2) is 26.9 Å². The lowest BCUT2D eigenvalue weighted by molar-refractivity contribution is -0.385. The molecule has 2 N–H and O–H groups in total. The third-order valence-corrected chi connectivity index (χ3v) is 1.84. The Morgan fingerprint density at radius 2 is 2.00 bits per heavy atom. The molecule has 84 valence electrons. The minimum Gasteiger partial charge on any atom is -0.502 e. The number of Topliss-reactive ketones (excluding diaryl/α,β-unsaturated/α-hetero) is 1. The molecule has 0 bridgehead atoms. The summed E-state index contributed by atoms with van der Waals surface area (Å²) in [6.45, 7) is 0. The van der Waals surface area contributed by atoms with E-state index in [9.17, 15) is 19.7 Å². The SMILES string of the molecule is O=C(O)C(=O)Cc1ccc(O)c([N+](=O)[O-])c1. The van der Waals surface area contributed by atoms with Crippen LogP contribution >= 0.6 is 0 Å². The Kier molecular flexibility index (Phi) is 3.19. The Labute approximate surface area is 89.1 Å². The lowest BCUT2D eigenvalue weighted by Crippen LogP contribution is -2.15. The number of carboxylic acids is 1. The van der Waals surface area contributed by atoms with Crippen molar-refractivity contribution in [2.75, 3.05) is 0 Å². The minimum absolute atomic E-state index is 0.164. The van der Waals surface area contributed by atoms with Crippen LogP contribution in [0.25, 0.3) is 0 Å². The van der Waals surface area contributed by atoms with Gasteiger partial charge in [-0.15, -0.1) is 0 Å². The Bertz CT molecular complexity index is 467. The van der Waals surface area contributed by atoms with Crippen molar-refractivity contribution < 1.29 is 24.7 Å². The van der Waals surface area contributed by atoms with Crippen LogP contribution in [-0.2, 0) is 16.0 Å². The van der Waals surface area contributed by atoms with Gasteiger partial charge in [0.25, 0.3) is 0 Å². The number of carbonyl (C=O) groups excluding carboxylic acids is 1. The highest BCUT2D eigenvalue weighted by Crippen LogP contribution is 2.26. The third-order valence-electron chi connectivity index (χ3n) is 1.84. The zero-order valence-corrected chi connectivity index (χ0v) is 7.91. The predicted molar refractivity (Wildman–Crippen MR) is 51.1 cm³/mol. The maximum atomic E-state index is 10.8. The molecule has 1 aromatic carbocycles. The molecule has 0 saturated carbocycles. The van der Waals surface area contributed by atoms with Crippen molar-refractivity contribution >= 4 is 17.4 Å². The van der Waals surface area contributed by atoms with E-state index in [0.29, 0.717) is 0 Å². The van der Waals surface area contributed by atoms with Gasteiger partial charge in [0.15, 0.2) is 5.75 Å². The highest BCUT2D eigenvalue weighted by atomic mass is 16.6. The number of benzene rings is 1. The minimum atomic E-state index is -1.60. The molecule has 0 unspecified atom stereocenters. The molecule has 0 aliphatic heterocycles. The number of nitrogens with zero attached hydrogens (tertiary/aromatic N) is 1. The second-order valence-electron chi connectivity index (χ2n) is 2.99. The first kappa shape index (κ1) is 11.6. The lowest BCUT2D eigenvalue weighted by Gasteiger charge is -1.99. The summed E-state index contributed by atoms with van der Waals surface area (Å²) in [5.41, 5.74) is -0.396. The number of nitro groups is 1. The number of carboxylic acid groups (broad SMARTS) is 1. The molecule has 1 rings (SSSR count). The molecule has 1 aromatic rings. The Hall–Kier alpha value is -2.44. The third kappa shape index (κ3) is 2.53. The van der Waals surface area contributed by atoms with E-state index >= 15 is 0 Å². The van der Waals surface area contributed by atoms with Gasteiger partial charge in [-0.25, -0.2) is 4.79 Å². The fourth-order valence-corrected chi connectivity index (χ4v) is 1.09. The van der Waals surface area contributed by atoms with Crippen LogP contribution in [0.4, 0.5) is 5.69 Å². The van der Waals surface area contributed by atoms with E-state index in [-0.39, 0.29) is 5.56 Å². The molecule has 0 aliphatic carbocycles. The number of ketones is 1. The molecule has 7 heteroatoms. The molecule has 7 nitrogen and oxygen atoms in total. The molecule has 0 fully saturated rings. The van der Waals surface area contributed by atoms with E-state index < -0.39 is 34.5 Å². The van der Waals surface area contributed by atoms with Gasteiger partial charge in [-0.05, 0) is 11.6 Å². The first-order valence-electron chi connectivity index (χ1n) is 4.14. The van der Waals surface area contributed by atoms with E-state index in [2.05, 4.69) is 0 Å². The van der Waals surface area contributed by atoms with E-state index in [1.165, 1.54) is 6.07 Å². The van der Waals surface area contributed by atoms with E-state index in [1.807, 2.05) is 0 Å². The van der Waals surface area contributed by atoms with Crippen molar-refractivity contribution in [3.63, 3.8) is 0 Å². The summed E-state index contributed by atoms with van der Waals surface area (Å²) >= 11 is 0. The quantitative estimate of drug-likeness (QED) is 0.437. The van der Waals surface area contributed by atoms with Crippen LogP contribution in [0.2, 0.25) is 0 Å². The Morgan fingerprint density at radius 1 is 1.38 bits per heavy atom. The monoisotopic (exact) mass is 225 g/mol. The topological polar surface area (TPSA) is 118 Å². The number of rotatable bonds is 4. The molecular weight excluding hydrogens is 218 g/mol. The first-order valence-corrected chi connectivity index (χ1v) is 4.14. The van der Waals surface area contributed by atoms with Gasteiger partial charge in [0.2, 0.25) is 5.78 Å². The number of carbonyl (C=O) groups is 2. The Balaban J connectivity index is 3.00. The first-order chi connectivity index (χ1) is 7.41. The van der Waals surface area contributed by atoms with E-state index in [0.717, 1.165) is 12.1 Å². The molecule has 0 saturated heterocycles. The van der Waals surface area contributed by atoms with Crippen molar-refractivity contribution in [2.24, 2.45) is 0 Å². The van der Waals surface area contributed by atoms with E-state index in [1.54, 1.807) is 0 Å². The largest absolute Gasteiger partial charge is 0.502 e. The number of aliphatic carboxylic acids is 1. The van der Waals surface area contributed by atoms with Crippen LogP contribution in [0.15, 0.2) is 18.2 Å². The molecular formula is C9H7NO6. The van der Waals surface area contributed by atoms with Gasteiger partial charge in [-0.2, -0.15) is 0 Å². The second kappa shape index (κ2) is 4.39. The molecule has 0 heterocycles. The fourth-order valence-electron chi connectivity index (χ4n) is 1.09. The van der Waals surface area contributed by atoms with Gasteiger partial charge < -0.3 is 10.2 Å². The Morgan fingerprint density at radius 3 is 2.50 bits per heavy atom. The van der Waals surface area contributed by atoms with Gasteiger partial charge >= 0.3 is 11.7 Å². The summed E-state index contributed by atoms with van der Waals surface area (Å²) in [5, 5.41) is 27.9. The standard InChI is InChI=1S/C9H7NO6/c11-7-2-1-5(3-6(7)10(15)16)4-8(12)9(13)14/h1-3,11H,4H2,(H,13,14). The van der Waals surface area contributed by atoms with E-state index in [4.69, 9.17) is 10.2 Å².